The lowest BCUT2D eigenvalue weighted by molar-refractivity contribution is 0.0753. The first-order valence-corrected chi connectivity index (χ1v) is 23.6. The molecular formula is C56H58N2O10. The van der Waals surface area contributed by atoms with E-state index in [1.54, 1.807) is 36.7 Å². The summed E-state index contributed by atoms with van der Waals surface area (Å²) < 4.78 is 37.0. The fraction of sp³-hybridized carbons (Fsp3) is 0.321. The Morgan fingerprint density at radius 2 is 0.676 bits per heavy atom. The lowest BCUT2D eigenvalue weighted by atomic mass is 9.91. The van der Waals surface area contributed by atoms with Gasteiger partial charge in [0.2, 0.25) is 0 Å². The Morgan fingerprint density at radius 1 is 0.353 bits per heavy atom. The molecule has 2 heterocycles. The average Bonchev–Trinajstić information content (AvgIpc) is 3.34. The van der Waals surface area contributed by atoms with Crippen molar-refractivity contribution in [3.63, 3.8) is 0 Å². The van der Waals surface area contributed by atoms with Crippen LogP contribution in [-0.4, -0.2) is 97.8 Å². The van der Waals surface area contributed by atoms with Crippen LogP contribution in [0.5, 0.6) is 46.0 Å². The van der Waals surface area contributed by atoms with Gasteiger partial charge in [-0.15, -0.1) is 0 Å². The van der Waals surface area contributed by atoms with Crippen LogP contribution in [0.4, 0.5) is 0 Å². The predicted molar refractivity (Wildman–Crippen MR) is 261 cm³/mol. The van der Waals surface area contributed by atoms with Gasteiger partial charge in [0.25, 0.3) is 0 Å². The molecule has 68 heavy (non-hydrogen) atoms. The Morgan fingerprint density at radius 3 is 1.04 bits per heavy atom. The van der Waals surface area contributed by atoms with Crippen molar-refractivity contribution in [2.45, 2.75) is 63.5 Å². The maximum absolute atomic E-state index is 11.8. The summed E-state index contributed by atoms with van der Waals surface area (Å²) in [5.74, 6) is 2.43. The summed E-state index contributed by atoms with van der Waals surface area (Å²) in [4.78, 5) is 9.77. The van der Waals surface area contributed by atoms with Gasteiger partial charge < -0.3 is 48.8 Å². The third-order valence-electron chi connectivity index (χ3n) is 12.8. The molecule has 2 atom stereocenters. The molecule has 4 aliphatic rings. The number of fused-ring (bicyclic) bond motifs is 12. The molecule has 0 radical (unpaired) electrons. The third-order valence-corrected chi connectivity index (χ3v) is 12.8. The van der Waals surface area contributed by atoms with Crippen LogP contribution in [0.1, 0.15) is 81.3 Å². The number of hydrogen-bond acceptors (Lipinski definition) is 12. The molecule has 0 saturated heterocycles. The normalized spacial score (nSPS) is 18.4. The highest BCUT2D eigenvalue weighted by molar-refractivity contribution is 5.86. The van der Waals surface area contributed by atoms with E-state index >= 15 is 0 Å². The zero-order valence-corrected chi connectivity index (χ0v) is 38.1. The van der Waals surface area contributed by atoms with Crippen molar-refractivity contribution in [1.29, 1.82) is 0 Å². The van der Waals surface area contributed by atoms with E-state index in [4.69, 9.17) is 38.4 Å². The molecule has 0 spiro atoms. The number of nitrogens with zero attached hydrogens (tertiary/aromatic N) is 2. The molecule has 0 unspecified atom stereocenters. The van der Waals surface area contributed by atoms with Gasteiger partial charge in [-0.1, -0.05) is 97.8 Å². The highest BCUT2D eigenvalue weighted by Gasteiger charge is 2.25. The molecule has 12 nitrogen and oxygen atoms in total. The number of phenols is 4. The van der Waals surface area contributed by atoms with Crippen LogP contribution in [0.2, 0.25) is 0 Å². The van der Waals surface area contributed by atoms with E-state index in [9.17, 15) is 20.4 Å². The second kappa shape index (κ2) is 22.2. The standard InChI is InChI=1S/C56H58N2O10/c59-51-37-9-3-11-39(51)33-43-15-6-16-44-34-40-12-4-10-38(52(40)60)32-42-14-5-13-41(31-37)55(42)67-29-25-63-23-27-65-49-21-7-17-45(53(49)61)35-57-47-19-1-2-20-48(47)58-36-46-18-8-22-50(54(46)62)66-28-24-64-26-30-68-56(43)44/h3-18,21-22,35-36,47-48,59-62H,1-2,19-20,23-34H2/t47-,48+. The van der Waals surface area contributed by atoms with Gasteiger partial charge in [0.1, 0.15) is 49.4 Å². The number of phenolic OH excluding ortho intramolecular Hbond substituents is 4. The first-order chi connectivity index (χ1) is 33.4. The maximum atomic E-state index is 11.8. The number of hydrogen-bond donors (Lipinski definition) is 4. The van der Waals surface area contributed by atoms with Crippen LogP contribution in [0.15, 0.2) is 119 Å². The molecule has 2 aliphatic heterocycles. The highest BCUT2D eigenvalue weighted by Crippen LogP contribution is 2.39. The first kappa shape index (κ1) is 46.1. The monoisotopic (exact) mass is 918 g/mol. The van der Waals surface area contributed by atoms with Crippen molar-refractivity contribution in [2.24, 2.45) is 9.98 Å². The quantitative estimate of drug-likeness (QED) is 0.108. The van der Waals surface area contributed by atoms with E-state index in [1.165, 1.54) is 0 Å². The zero-order chi connectivity index (χ0) is 46.7. The van der Waals surface area contributed by atoms with Gasteiger partial charge >= 0.3 is 0 Å². The van der Waals surface area contributed by atoms with Crippen molar-refractivity contribution in [3.8, 4) is 46.0 Å². The summed E-state index contributed by atoms with van der Waals surface area (Å²) in [6.45, 7) is 1.95. The summed E-state index contributed by atoms with van der Waals surface area (Å²) in [7, 11) is 0. The number of aromatic hydroxyl groups is 4. The van der Waals surface area contributed by atoms with Crippen molar-refractivity contribution in [3.05, 3.63) is 165 Å². The van der Waals surface area contributed by atoms with Gasteiger partial charge in [-0.05, 0) is 81.6 Å². The molecule has 12 heteroatoms. The van der Waals surface area contributed by atoms with Crippen molar-refractivity contribution in [1.82, 2.24) is 0 Å². The number of aliphatic imine (C=N–C) groups is 2. The van der Waals surface area contributed by atoms with Crippen molar-refractivity contribution >= 4 is 12.4 Å². The highest BCUT2D eigenvalue weighted by atomic mass is 16.6. The maximum Gasteiger partial charge on any atom is 0.166 e. The van der Waals surface area contributed by atoms with E-state index in [2.05, 4.69) is 0 Å². The van der Waals surface area contributed by atoms with Crippen LogP contribution >= 0.6 is 0 Å². The molecule has 4 N–H and O–H groups in total. The first-order valence-electron chi connectivity index (χ1n) is 23.6. The van der Waals surface area contributed by atoms with E-state index in [-0.39, 0.29) is 87.9 Å². The van der Waals surface area contributed by atoms with E-state index < -0.39 is 0 Å². The van der Waals surface area contributed by atoms with Crippen molar-refractivity contribution in [2.75, 3.05) is 52.9 Å². The summed E-state index contributed by atoms with van der Waals surface area (Å²) >= 11 is 0. The van der Waals surface area contributed by atoms with Gasteiger partial charge in [0.15, 0.2) is 23.0 Å². The summed E-state index contributed by atoms with van der Waals surface area (Å²) in [6, 6.07) is 34.1. The summed E-state index contributed by atoms with van der Waals surface area (Å²) in [6.07, 6.45) is 8.75. The molecule has 6 aromatic rings. The number of ether oxygens (including phenoxy) is 6. The van der Waals surface area contributed by atoms with Crippen LogP contribution in [0.25, 0.3) is 0 Å². The second-order valence-electron chi connectivity index (χ2n) is 17.3. The van der Waals surface area contributed by atoms with Gasteiger partial charge in [-0.3, -0.25) is 9.98 Å². The Kier molecular flexibility index (Phi) is 15.0. The van der Waals surface area contributed by atoms with Crippen LogP contribution in [-0.2, 0) is 35.2 Å². The Balaban J connectivity index is 1.01. The van der Waals surface area contributed by atoms with E-state index in [1.807, 2.05) is 84.9 Å². The lowest BCUT2D eigenvalue weighted by Gasteiger charge is -2.25. The molecule has 2 aliphatic carbocycles. The average molecular weight is 919 g/mol. The molecule has 1 fully saturated rings. The molecule has 10 rings (SSSR count). The van der Waals surface area contributed by atoms with Gasteiger partial charge in [0.05, 0.1) is 38.5 Å². The molecule has 0 amide bonds. The molecule has 14 bridgehead atoms. The summed E-state index contributed by atoms with van der Waals surface area (Å²) in [5.41, 5.74) is 7.65. The Labute approximate surface area is 397 Å². The largest absolute Gasteiger partial charge is 0.507 e. The molecule has 6 aromatic carbocycles. The van der Waals surface area contributed by atoms with Gasteiger partial charge in [0, 0.05) is 49.2 Å². The minimum absolute atomic E-state index is 0.00305. The molecule has 352 valence electrons. The SMILES string of the molecule is Oc1c2cccc1Cc1cccc3c1OCCOCCOc1cccc(c1O)C=N[C@@H]1CCCC[C@@H]1N=Cc1cccc(c1O)OCCOCCOc1c(cccc1Cc1cccc(c1O)C3)C2. The van der Waals surface area contributed by atoms with E-state index in [0.717, 1.165) is 70.2 Å². The van der Waals surface area contributed by atoms with Crippen molar-refractivity contribution < 1.29 is 48.8 Å². The molecule has 1 saturated carbocycles. The topological polar surface area (TPSA) is 161 Å². The zero-order valence-electron chi connectivity index (χ0n) is 38.1. The molecule has 0 aromatic heterocycles. The minimum Gasteiger partial charge on any atom is -0.507 e. The minimum atomic E-state index is -0.0962. The van der Waals surface area contributed by atoms with Crippen LogP contribution in [0, 0.1) is 0 Å². The Hall–Kier alpha value is -7.02. The fourth-order valence-corrected chi connectivity index (χ4v) is 9.23. The van der Waals surface area contributed by atoms with Gasteiger partial charge in [-0.2, -0.15) is 0 Å². The molecular weight excluding hydrogens is 861 g/mol. The summed E-state index contributed by atoms with van der Waals surface area (Å²) in [5, 5.41) is 46.0. The predicted octanol–water partition coefficient (Wildman–Crippen LogP) is 9.30. The van der Waals surface area contributed by atoms with E-state index in [0.29, 0.717) is 59.8 Å². The smallest absolute Gasteiger partial charge is 0.166 e. The fourth-order valence-electron chi connectivity index (χ4n) is 9.23. The number of benzene rings is 6. The number of para-hydroxylation sites is 6. The van der Waals surface area contributed by atoms with Gasteiger partial charge in [-0.25, -0.2) is 0 Å². The van der Waals surface area contributed by atoms with Crippen LogP contribution < -0.4 is 18.9 Å². The second-order valence-corrected chi connectivity index (χ2v) is 17.3. The number of rotatable bonds is 0. The third kappa shape index (κ3) is 11.0. The Bertz CT molecular complexity index is 2480. The lowest BCUT2D eigenvalue weighted by Crippen LogP contribution is -2.27. The van der Waals surface area contributed by atoms with Crippen LogP contribution in [0.3, 0.4) is 0 Å².